The van der Waals surface area contributed by atoms with Crippen molar-refractivity contribution in [3.63, 3.8) is 0 Å². The van der Waals surface area contributed by atoms with E-state index in [4.69, 9.17) is 0 Å². The summed E-state index contributed by atoms with van der Waals surface area (Å²) in [7, 11) is 0. The molecule has 314 valence electrons. The van der Waals surface area contributed by atoms with Crippen molar-refractivity contribution >= 4 is 35.2 Å². The topological polar surface area (TPSA) is 181 Å². The highest BCUT2D eigenvalue weighted by Gasteiger charge is 2.70. The number of rotatable bonds is 10. The van der Waals surface area contributed by atoms with Gasteiger partial charge in [-0.15, -0.1) is 0 Å². The highest BCUT2D eigenvalue weighted by molar-refractivity contribution is 5.92. The fourth-order valence-electron chi connectivity index (χ4n) is 11.0. The van der Waals surface area contributed by atoms with Gasteiger partial charge in [0, 0.05) is 49.6 Å². The average Bonchev–Trinajstić information content (AvgIpc) is 3.52. The Morgan fingerprint density at radius 1 is 0.667 bits per heavy atom. The minimum Gasteiger partial charge on any atom is -0.339 e. The summed E-state index contributed by atoms with van der Waals surface area (Å²) in [5.41, 5.74) is 0.0717. The summed E-state index contributed by atoms with van der Waals surface area (Å²) in [5.74, 6) is 0.137. The Bertz CT molecular complexity index is 1730. The third-order valence-electron chi connectivity index (χ3n) is 14.7. The van der Waals surface area contributed by atoms with Crippen LogP contribution < -0.4 is 10.6 Å². The third kappa shape index (κ3) is 8.96. The highest BCUT2D eigenvalue weighted by atomic mass is 16.2. The van der Waals surface area contributed by atoms with E-state index in [1.54, 1.807) is 9.80 Å². The van der Waals surface area contributed by atoms with E-state index in [0.717, 1.165) is 19.3 Å². The van der Waals surface area contributed by atoms with Crippen molar-refractivity contribution in [2.45, 2.75) is 152 Å². The lowest BCUT2D eigenvalue weighted by Gasteiger charge is -2.34. The van der Waals surface area contributed by atoms with E-state index in [0.29, 0.717) is 50.6 Å². The van der Waals surface area contributed by atoms with Crippen LogP contribution >= 0.6 is 0 Å². The van der Waals surface area contributed by atoms with Gasteiger partial charge in [0.25, 0.3) is 0 Å². The van der Waals surface area contributed by atoms with Crippen LogP contribution in [0.5, 0.6) is 0 Å². The number of nitrogens with one attached hydrogen (secondary N) is 2. The number of hydrogen-bond donors (Lipinski definition) is 2. The fraction of sp³-hybridized carbons (Fsp3) is 0.822. The van der Waals surface area contributed by atoms with E-state index in [2.05, 4.69) is 78.2 Å². The first kappa shape index (κ1) is 44.3. The Morgan fingerprint density at radius 2 is 1.05 bits per heavy atom. The molecule has 0 bridgehead atoms. The van der Waals surface area contributed by atoms with Gasteiger partial charge in [-0.2, -0.15) is 10.5 Å². The Kier molecular flexibility index (Phi) is 12.2. The Labute approximate surface area is 340 Å². The molecule has 0 radical (unpaired) electrons. The molecule has 0 spiro atoms. The van der Waals surface area contributed by atoms with Crippen molar-refractivity contribution in [3.05, 3.63) is 0 Å². The largest absolute Gasteiger partial charge is 0.339 e. The molecule has 4 amide bonds. The molecule has 4 saturated carbocycles. The quantitative estimate of drug-likeness (QED) is 0.293. The van der Waals surface area contributed by atoms with Gasteiger partial charge in [0.1, 0.15) is 35.7 Å². The fourth-order valence-corrected chi connectivity index (χ4v) is 11.0. The number of hydrogen-bond acceptors (Lipinski definition) is 8. The van der Waals surface area contributed by atoms with Crippen molar-refractivity contribution in [1.29, 1.82) is 10.5 Å². The maximum absolute atomic E-state index is 13.2. The number of amides is 4. The summed E-state index contributed by atoms with van der Waals surface area (Å²) in [5, 5.41) is 24.9. The number of likely N-dealkylation sites (tertiary alicyclic amines) is 2. The van der Waals surface area contributed by atoms with Crippen LogP contribution in [0.15, 0.2) is 0 Å². The predicted molar refractivity (Wildman–Crippen MR) is 214 cm³/mol. The Morgan fingerprint density at radius 3 is 1.40 bits per heavy atom. The van der Waals surface area contributed by atoms with Crippen LogP contribution in [0, 0.1) is 91.7 Å². The van der Waals surface area contributed by atoms with Crippen LogP contribution in [-0.2, 0) is 28.8 Å². The maximum Gasteiger partial charge on any atom is 0.244 e. The first-order chi connectivity index (χ1) is 26.3. The molecule has 0 aromatic rings. The number of carbonyl (C=O) groups is 6. The van der Waals surface area contributed by atoms with E-state index < -0.39 is 24.2 Å². The van der Waals surface area contributed by atoms with E-state index in [1.165, 1.54) is 0 Å². The van der Waals surface area contributed by atoms with Crippen molar-refractivity contribution in [2.24, 2.45) is 69.0 Å². The van der Waals surface area contributed by atoms with Crippen molar-refractivity contribution in [3.8, 4) is 12.1 Å². The lowest BCUT2D eigenvalue weighted by atomic mass is 9.71. The average molecular weight is 789 g/mol. The zero-order valence-electron chi connectivity index (χ0n) is 36.5. The summed E-state index contributed by atoms with van der Waals surface area (Å²) in [6.07, 6.45) is 4.24. The second-order valence-corrected chi connectivity index (χ2v) is 21.7. The lowest BCUT2D eigenvalue weighted by molar-refractivity contribution is -0.143. The molecule has 0 aromatic carbocycles. The van der Waals surface area contributed by atoms with Crippen LogP contribution in [-0.4, -0.2) is 82.3 Å². The number of Topliss-reactive ketones (excluding diaryl/α,β-unsaturated/α-hetero) is 2. The molecule has 2 N–H and O–H groups in total. The number of nitrogens with zero attached hydrogens (tertiary/aromatic N) is 4. The summed E-state index contributed by atoms with van der Waals surface area (Å²) >= 11 is 0. The number of fused-ring (bicyclic) bond motifs is 2. The van der Waals surface area contributed by atoms with E-state index in [-0.39, 0.29) is 92.4 Å². The van der Waals surface area contributed by atoms with Crippen LogP contribution in [0.4, 0.5) is 0 Å². The summed E-state index contributed by atoms with van der Waals surface area (Å²) < 4.78 is 0. The Balaban J connectivity index is 0.000000218. The molecular formula is C45H68N6O6. The van der Waals surface area contributed by atoms with Gasteiger partial charge in [0.05, 0.1) is 12.1 Å². The van der Waals surface area contributed by atoms with Crippen molar-refractivity contribution in [2.75, 3.05) is 13.1 Å². The van der Waals surface area contributed by atoms with Gasteiger partial charge in [-0.05, 0) is 77.4 Å². The zero-order chi connectivity index (χ0) is 42.7. The van der Waals surface area contributed by atoms with E-state index >= 15 is 0 Å². The van der Waals surface area contributed by atoms with Gasteiger partial charge in [0.15, 0.2) is 0 Å². The second-order valence-electron chi connectivity index (χ2n) is 21.7. The first-order valence-electron chi connectivity index (χ1n) is 21.3. The minimum absolute atomic E-state index is 0.00801. The summed E-state index contributed by atoms with van der Waals surface area (Å²) in [6.45, 7) is 25.5. The van der Waals surface area contributed by atoms with Gasteiger partial charge in [0.2, 0.25) is 23.6 Å². The molecule has 2 aliphatic heterocycles. The lowest BCUT2D eigenvalue weighted by Crippen LogP contribution is -2.53. The van der Waals surface area contributed by atoms with Crippen molar-refractivity contribution in [1.82, 2.24) is 20.4 Å². The molecular weight excluding hydrogens is 721 g/mol. The standard InChI is InChI=1S/C23H35N3O3.C22H33N3O3/c1-13(2)21(29)26-12-16-18(23(16,5)6)19(26)20(28)25-15(11-24)9-14-7-8-22(3,4)10-17(14)27;1-12(2)20(28)25-11-15-17(22(15,5)6)18(25)19(27)24-14(10-23)7-13-8-21(3,4)9-16(13)26/h13-16,18-19H,7-10,12H2,1-6H3,(H,25,28);12-15,17-18H,7-9,11H2,1-6H3,(H,24,27). The molecule has 2 heterocycles. The first-order valence-corrected chi connectivity index (χ1v) is 21.3. The van der Waals surface area contributed by atoms with E-state index in [9.17, 15) is 39.3 Å². The molecule has 6 aliphatic rings. The minimum atomic E-state index is -0.702. The number of ketones is 2. The third-order valence-corrected chi connectivity index (χ3v) is 14.7. The number of piperidine rings is 2. The normalized spacial score (nSPS) is 33.2. The van der Waals surface area contributed by atoms with Crippen molar-refractivity contribution < 1.29 is 28.8 Å². The monoisotopic (exact) mass is 789 g/mol. The zero-order valence-corrected chi connectivity index (χ0v) is 36.5. The molecule has 10 atom stereocenters. The van der Waals surface area contributed by atoms with Gasteiger partial charge in [-0.25, -0.2) is 0 Å². The van der Waals surface area contributed by atoms with Crippen LogP contribution in [0.3, 0.4) is 0 Å². The predicted octanol–water partition coefficient (Wildman–Crippen LogP) is 5.45. The van der Waals surface area contributed by atoms with Gasteiger partial charge < -0.3 is 20.4 Å². The molecule has 2 saturated heterocycles. The summed E-state index contributed by atoms with van der Waals surface area (Å²) in [6, 6.07) is 1.91. The van der Waals surface area contributed by atoms with Crippen LogP contribution in [0.2, 0.25) is 0 Å². The van der Waals surface area contributed by atoms with Crippen LogP contribution in [0.1, 0.15) is 128 Å². The molecule has 57 heavy (non-hydrogen) atoms. The highest BCUT2D eigenvalue weighted by Crippen LogP contribution is 2.66. The van der Waals surface area contributed by atoms with E-state index in [1.807, 2.05) is 27.7 Å². The second kappa shape index (κ2) is 15.8. The molecule has 12 nitrogen and oxygen atoms in total. The molecule has 6 rings (SSSR count). The number of nitriles is 2. The van der Waals surface area contributed by atoms with Gasteiger partial charge in [-0.3, -0.25) is 28.8 Å². The Hall–Kier alpha value is -3.80. The maximum atomic E-state index is 13.2. The SMILES string of the molecule is CC(C)C(=O)N1CC2C(C1C(=O)NC(C#N)CC1CC(C)(C)CC1=O)C2(C)C.CC(C)C(=O)N1CC2C(C1C(=O)NC(C#N)CC1CCC(C)(C)CC1=O)C2(C)C. The summed E-state index contributed by atoms with van der Waals surface area (Å²) in [4.78, 5) is 79.7. The molecule has 12 heteroatoms. The smallest absolute Gasteiger partial charge is 0.244 e. The number of carbonyl (C=O) groups excluding carboxylic acids is 6. The van der Waals surface area contributed by atoms with Gasteiger partial charge in [-0.1, -0.05) is 83.1 Å². The van der Waals surface area contributed by atoms with Crippen LogP contribution in [0.25, 0.3) is 0 Å². The molecule has 4 aliphatic carbocycles. The van der Waals surface area contributed by atoms with Gasteiger partial charge >= 0.3 is 0 Å². The molecule has 6 fully saturated rings. The molecule has 10 unspecified atom stereocenters. The molecule has 0 aromatic heterocycles.